The Morgan fingerprint density at radius 1 is 1.59 bits per heavy atom. The van der Waals surface area contributed by atoms with Crippen LogP contribution in [0.15, 0.2) is 11.8 Å². The van der Waals surface area contributed by atoms with Gasteiger partial charge in [0.25, 0.3) is 0 Å². The van der Waals surface area contributed by atoms with Crippen LogP contribution in [0.3, 0.4) is 0 Å². The Balaban J connectivity index is 2.57. The fraction of sp³-hybridized carbons (Fsp3) is 0.615. The Morgan fingerprint density at radius 2 is 2.35 bits per heavy atom. The van der Waals surface area contributed by atoms with Crippen LogP contribution in [0, 0.1) is 6.92 Å². The van der Waals surface area contributed by atoms with Gasteiger partial charge < -0.3 is 10.1 Å². The normalized spacial score (nSPS) is 12.1. The highest BCUT2D eigenvalue weighted by molar-refractivity contribution is 5.54. The summed E-state index contributed by atoms with van der Waals surface area (Å²) in [4.78, 5) is 0. The largest absolute Gasteiger partial charge is 0.383 e. The summed E-state index contributed by atoms with van der Waals surface area (Å²) < 4.78 is 6.90. The number of aryl methyl sites for hydroxylation is 1. The fourth-order valence-corrected chi connectivity index (χ4v) is 1.58. The molecule has 0 saturated heterocycles. The van der Waals surface area contributed by atoms with Gasteiger partial charge in [0.05, 0.1) is 12.8 Å². The van der Waals surface area contributed by atoms with Crippen LogP contribution >= 0.6 is 0 Å². The molecule has 0 spiro atoms. The van der Waals surface area contributed by atoms with Crippen LogP contribution in [-0.4, -0.2) is 36.6 Å². The molecule has 0 radical (unpaired) electrons. The zero-order valence-electron chi connectivity index (χ0n) is 11.3. The van der Waals surface area contributed by atoms with Crippen molar-refractivity contribution in [2.45, 2.75) is 20.3 Å². The van der Waals surface area contributed by atoms with Gasteiger partial charge in [-0.3, -0.25) is 4.68 Å². The molecular formula is C13H23N3O. The Labute approximate surface area is 104 Å². The van der Waals surface area contributed by atoms with E-state index in [1.807, 2.05) is 17.9 Å². The van der Waals surface area contributed by atoms with Crippen molar-refractivity contribution in [2.75, 3.05) is 26.8 Å². The van der Waals surface area contributed by atoms with Crippen molar-refractivity contribution in [3.63, 3.8) is 0 Å². The zero-order valence-corrected chi connectivity index (χ0v) is 11.3. The molecule has 4 heteroatoms. The predicted molar refractivity (Wildman–Crippen MR) is 71.0 cm³/mol. The van der Waals surface area contributed by atoms with Crippen molar-refractivity contribution >= 4 is 6.08 Å². The van der Waals surface area contributed by atoms with Gasteiger partial charge in [0.2, 0.25) is 0 Å². The average molecular weight is 237 g/mol. The zero-order chi connectivity index (χ0) is 12.7. The first-order chi connectivity index (χ1) is 8.19. The minimum absolute atomic E-state index is 0.753. The maximum Gasteiger partial charge on any atom is 0.0587 e. The number of hydrogen-bond acceptors (Lipinski definition) is 3. The van der Waals surface area contributed by atoms with E-state index >= 15 is 0 Å². The summed E-state index contributed by atoms with van der Waals surface area (Å²) in [6.45, 7) is 6.82. The summed E-state index contributed by atoms with van der Waals surface area (Å²) in [5.41, 5.74) is 3.79. The smallest absolute Gasteiger partial charge is 0.0587 e. The lowest BCUT2D eigenvalue weighted by Crippen LogP contribution is -2.21. The number of nitrogens with zero attached hydrogens (tertiary/aromatic N) is 2. The van der Waals surface area contributed by atoms with Gasteiger partial charge in [-0.1, -0.05) is 18.6 Å². The van der Waals surface area contributed by atoms with Crippen molar-refractivity contribution in [2.24, 2.45) is 7.05 Å². The second-order valence-corrected chi connectivity index (χ2v) is 4.13. The standard InChI is InChI=1S/C13H23N3O/c1-5-12(9-14-6-7-17-4)8-13-10-15-16(3)11(13)2/h8,10,14H,5-7,9H2,1-4H3. The van der Waals surface area contributed by atoms with E-state index < -0.39 is 0 Å². The first-order valence-corrected chi connectivity index (χ1v) is 6.06. The van der Waals surface area contributed by atoms with Crippen molar-refractivity contribution in [1.82, 2.24) is 15.1 Å². The molecule has 0 amide bonds. The molecule has 0 saturated carbocycles. The quantitative estimate of drug-likeness (QED) is 0.734. The number of hydrogen-bond donors (Lipinski definition) is 1. The Kier molecular flexibility index (Phi) is 5.94. The van der Waals surface area contributed by atoms with Crippen LogP contribution in [0.1, 0.15) is 24.6 Å². The van der Waals surface area contributed by atoms with Crippen molar-refractivity contribution in [1.29, 1.82) is 0 Å². The van der Waals surface area contributed by atoms with E-state index in [4.69, 9.17) is 4.74 Å². The van der Waals surface area contributed by atoms with E-state index in [0.717, 1.165) is 26.1 Å². The summed E-state index contributed by atoms with van der Waals surface area (Å²) in [6, 6.07) is 0. The summed E-state index contributed by atoms with van der Waals surface area (Å²) in [6.07, 6.45) is 5.19. The Morgan fingerprint density at radius 3 is 2.88 bits per heavy atom. The van der Waals surface area contributed by atoms with Crippen LogP contribution in [0.25, 0.3) is 6.08 Å². The Bertz CT molecular complexity index is 369. The molecule has 1 rings (SSSR count). The minimum Gasteiger partial charge on any atom is -0.383 e. The lowest BCUT2D eigenvalue weighted by Gasteiger charge is -2.07. The maximum absolute atomic E-state index is 5.00. The molecule has 17 heavy (non-hydrogen) atoms. The molecule has 0 unspecified atom stereocenters. The van der Waals surface area contributed by atoms with Gasteiger partial charge in [-0.2, -0.15) is 5.10 Å². The first kappa shape index (κ1) is 13.9. The summed E-state index contributed by atoms with van der Waals surface area (Å²) in [7, 11) is 3.69. The average Bonchev–Trinajstić information content (AvgIpc) is 2.64. The van der Waals surface area contributed by atoms with Gasteiger partial charge in [0.15, 0.2) is 0 Å². The van der Waals surface area contributed by atoms with Gasteiger partial charge in [0, 0.05) is 38.5 Å². The fourth-order valence-electron chi connectivity index (χ4n) is 1.58. The molecule has 0 fully saturated rings. The molecule has 0 atom stereocenters. The number of rotatable bonds is 7. The highest BCUT2D eigenvalue weighted by Gasteiger charge is 2.02. The van der Waals surface area contributed by atoms with E-state index in [1.165, 1.54) is 16.8 Å². The number of nitrogens with one attached hydrogen (secondary N) is 1. The third-order valence-corrected chi connectivity index (χ3v) is 2.92. The Hall–Kier alpha value is -1.13. The molecule has 0 aromatic carbocycles. The van der Waals surface area contributed by atoms with Crippen LogP contribution in [0.5, 0.6) is 0 Å². The van der Waals surface area contributed by atoms with Crippen molar-refractivity contribution < 1.29 is 4.74 Å². The van der Waals surface area contributed by atoms with Crippen LogP contribution in [-0.2, 0) is 11.8 Å². The van der Waals surface area contributed by atoms with E-state index in [2.05, 4.69) is 30.3 Å². The number of methoxy groups -OCH3 is 1. The van der Waals surface area contributed by atoms with Gasteiger partial charge in [-0.05, 0) is 13.3 Å². The topological polar surface area (TPSA) is 39.1 Å². The molecule has 1 aromatic heterocycles. The molecule has 1 N–H and O–H groups in total. The molecule has 0 aliphatic heterocycles. The van der Waals surface area contributed by atoms with Crippen LogP contribution in [0.4, 0.5) is 0 Å². The molecule has 4 nitrogen and oxygen atoms in total. The van der Waals surface area contributed by atoms with Gasteiger partial charge in [-0.15, -0.1) is 0 Å². The third-order valence-electron chi connectivity index (χ3n) is 2.92. The maximum atomic E-state index is 5.00. The summed E-state index contributed by atoms with van der Waals surface area (Å²) in [5.74, 6) is 0. The predicted octanol–water partition coefficient (Wildman–Crippen LogP) is 1.76. The lowest BCUT2D eigenvalue weighted by molar-refractivity contribution is 0.200. The molecule has 96 valence electrons. The van der Waals surface area contributed by atoms with E-state index in [1.54, 1.807) is 7.11 Å². The van der Waals surface area contributed by atoms with Crippen molar-refractivity contribution in [3.05, 3.63) is 23.0 Å². The van der Waals surface area contributed by atoms with Crippen LogP contribution < -0.4 is 5.32 Å². The molecule has 0 aliphatic carbocycles. The first-order valence-electron chi connectivity index (χ1n) is 6.06. The molecule has 1 heterocycles. The second kappa shape index (κ2) is 7.25. The molecule has 0 bridgehead atoms. The van der Waals surface area contributed by atoms with Gasteiger partial charge >= 0.3 is 0 Å². The van der Waals surface area contributed by atoms with Crippen LogP contribution in [0.2, 0.25) is 0 Å². The summed E-state index contributed by atoms with van der Waals surface area (Å²) >= 11 is 0. The van der Waals surface area contributed by atoms with Crippen molar-refractivity contribution in [3.8, 4) is 0 Å². The minimum atomic E-state index is 0.753. The highest BCUT2D eigenvalue weighted by atomic mass is 16.5. The van der Waals surface area contributed by atoms with Gasteiger partial charge in [0.1, 0.15) is 0 Å². The molecule has 0 aliphatic rings. The monoisotopic (exact) mass is 237 g/mol. The summed E-state index contributed by atoms with van der Waals surface area (Å²) in [5, 5.41) is 7.61. The highest BCUT2D eigenvalue weighted by Crippen LogP contribution is 2.12. The second-order valence-electron chi connectivity index (χ2n) is 4.13. The van der Waals surface area contributed by atoms with E-state index in [9.17, 15) is 0 Å². The number of aromatic nitrogens is 2. The molecular weight excluding hydrogens is 214 g/mol. The van der Waals surface area contributed by atoms with Gasteiger partial charge in [-0.25, -0.2) is 0 Å². The lowest BCUT2D eigenvalue weighted by atomic mass is 10.1. The SMILES string of the molecule is CCC(=Cc1cnn(C)c1C)CNCCOC. The number of ether oxygens (including phenoxy) is 1. The third kappa shape index (κ3) is 4.32. The van der Waals surface area contributed by atoms with E-state index in [0.29, 0.717) is 0 Å². The molecule has 1 aromatic rings. The van der Waals surface area contributed by atoms with E-state index in [-0.39, 0.29) is 0 Å².